The van der Waals surface area contributed by atoms with Crippen LogP contribution in [-0.4, -0.2) is 44.0 Å². The zero-order chi connectivity index (χ0) is 20.8. The van der Waals surface area contributed by atoms with Crippen molar-refractivity contribution in [3.63, 3.8) is 0 Å². The van der Waals surface area contributed by atoms with Gasteiger partial charge in [-0.05, 0) is 38.5 Å². The van der Waals surface area contributed by atoms with E-state index in [0.29, 0.717) is 10.4 Å². The maximum Gasteiger partial charge on any atom is 0.348 e. The topological polar surface area (TPSA) is 111 Å². The Balaban J connectivity index is 2.14. The zero-order valence-electron chi connectivity index (χ0n) is 15.8. The van der Waals surface area contributed by atoms with Crippen molar-refractivity contribution in [2.24, 2.45) is 0 Å². The van der Waals surface area contributed by atoms with Crippen LogP contribution in [0.5, 0.6) is 0 Å². The van der Waals surface area contributed by atoms with Gasteiger partial charge >= 0.3 is 11.9 Å². The van der Waals surface area contributed by atoms with Gasteiger partial charge in [-0.15, -0.1) is 22.7 Å². The van der Waals surface area contributed by atoms with Gasteiger partial charge in [-0.25, -0.2) is 9.59 Å². The van der Waals surface area contributed by atoms with Gasteiger partial charge in [0.1, 0.15) is 9.88 Å². The average molecular weight is 425 g/mol. The third kappa shape index (κ3) is 4.96. The molecule has 2 rings (SSSR count). The Hall–Kier alpha value is -2.72. The number of carbonyl (C=O) groups is 4. The second-order valence-corrected chi connectivity index (χ2v) is 7.90. The molecule has 0 unspecified atom stereocenters. The van der Waals surface area contributed by atoms with Crippen LogP contribution in [0.3, 0.4) is 0 Å². The van der Waals surface area contributed by atoms with Crippen molar-refractivity contribution in [2.75, 3.05) is 25.6 Å². The lowest BCUT2D eigenvalue weighted by molar-refractivity contribution is -0.119. The van der Waals surface area contributed by atoms with Crippen LogP contribution in [-0.2, 0) is 14.3 Å². The molecule has 150 valence electrons. The normalized spacial score (nSPS) is 10.3. The molecule has 28 heavy (non-hydrogen) atoms. The molecule has 0 saturated heterocycles. The van der Waals surface area contributed by atoms with Gasteiger partial charge in [-0.3, -0.25) is 9.59 Å². The first-order valence-electron chi connectivity index (χ1n) is 8.34. The number of aryl methyl sites for hydroxylation is 1. The van der Waals surface area contributed by atoms with Crippen LogP contribution in [0.1, 0.15) is 47.1 Å². The molecule has 0 aliphatic carbocycles. The summed E-state index contributed by atoms with van der Waals surface area (Å²) in [6.45, 7) is 4.73. The number of rotatable bonds is 7. The monoisotopic (exact) mass is 424 g/mol. The van der Waals surface area contributed by atoms with E-state index in [2.05, 4.69) is 10.6 Å². The minimum absolute atomic E-state index is 0.110. The summed E-state index contributed by atoms with van der Waals surface area (Å²) in [5.41, 5.74) is 0.517. The minimum Gasteiger partial charge on any atom is -0.462 e. The molecule has 0 fully saturated rings. The lowest BCUT2D eigenvalue weighted by Crippen LogP contribution is -2.21. The first-order valence-corrected chi connectivity index (χ1v) is 9.97. The molecule has 0 spiro atoms. The quantitative estimate of drug-likeness (QED) is 0.661. The molecule has 8 nitrogen and oxygen atoms in total. The summed E-state index contributed by atoms with van der Waals surface area (Å²) in [4.78, 5) is 50.1. The number of amides is 2. The highest BCUT2D eigenvalue weighted by Gasteiger charge is 2.26. The molecule has 0 atom stereocenters. The van der Waals surface area contributed by atoms with E-state index in [0.717, 1.165) is 16.2 Å². The summed E-state index contributed by atoms with van der Waals surface area (Å²) in [5.74, 6) is -2.26. The van der Waals surface area contributed by atoms with Crippen molar-refractivity contribution in [3.8, 4) is 0 Å². The smallest absolute Gasteiger partial charge is 0.348 e. The molecule has 0 saturated carbocycles. The average Bonchev–Trinajstić information content (AvgIpc) is 3.22. The lowest BCUT2D eigenvalue weighted by atomic mass is 10.1. The fourth-order valence-electron chi connectivity index (χ4n) is 2.29. The van der Waals surface area contributed by atoms with Crippen LogP contribution < -0.4 is 10.6 Å². The van der Waals surface area contributed by atoms with Crippen molar-refractivity contribution in [2.45, 2.75) is 20.8 Å². The Kier molecular flexibility index (Phi) is 7.30. The van der Waals surface area contributed by atoms with Gasteiger partial charge in [0.15, 0.2) is 6.61 Å². The molecule has 0 aromatic carbocycles. The molecule has 0 bridgehead atoms. The summed E-state index contributed by atoms with van der Waals surface area (Å²) < 4.78 is 10.0. The van der Waals surface area contributed by atoms with Crippen LogP contribution in [0.4, 0.5) is 5.00 Å². The predicted molar refractivity (Wildman–Crippen MR) is 106 cm³/mol. The number of hydrogen-bond acceptors (Lipinski definition) is 8. The van der Waals surface area contributed by atoms with Crippen molar-refractivity contribution in [1.29, 1.82) is 0 Å². The van der Waals surface area contributed by atoms with Crippen molar-refractivity contribution >= 4 is 51.4 Å². The first kappa shape index (κ1) is 21.6. The number of hydrogen-bond donors (Lipinski definition) is 2. The van der Waals surface area contributed by atoms with Gasteiger partial charge in [0.2, 0.25) is 0 Å². The summed E-state index contributed by atoms with van der Waals surface area (Å²) in [6, 6.07) is 3.40. The van der Waals surface area contributed by atoms with Gasteiger partial charge < -0.3 is 20.1 Å². The van der Waals surface area contributed by atoms with E-state index in [1.807, 2.05) is 6.92 Å². The Labute approximate surface area is 169 Å². The molecule has 2 amide bonds. The van der Waals surface area contributed by atoms with E-state index in [1.54, 1.807) is 26.0 Å². The molecule has 2 N–H and O–H groups in total. The summed E-state index contributed by atoms with van der Waals surface area (Å²) in [5, 5.41) is 5.18. The fourth-order valence-corrected chi connectivity index (χ4v) is 4.21. The highest BCUT2D eigenvalue weighted by Crippen LogP contribution is 2.33. The molecule has 0 aliphatic rings. The maximum absolute atomic E-state index is 12.3. The second kappa shape index (κ2) is 9.47. The summed E-state index contributed by atoms with van der Waals surface area (Å²) >= 11 is 2.22. The van der Waals surface area contributed by atoms with E-state index in [4.69, 9.17) is 9.47 Å². The van der Waals surface area contributed by atoms with E-state index < -0.39 is 24.5 Å². The molecular weight excluding hydrogens is 404 g/mol. The van der Waals surface area contributed by atoms with Crippen molar-refractivity contribution in [1.82, 2.24) is 5.32 Å². The Morgan fingerprint density at radius 2 is 1.75 bits per heavy atom. The summed E-state index contributed by atoms with van der Waals surface area (Å²) in [7, 11) is 1.47. The molecular formula is C18H20N2O6S2. The van der Waals surface area contributed by atoms with Gasteiger partial charge in [-0.1, -0.05) is 0 Å². The van der Waals surface area contributed by atoms with Crippen molar-refractivity contribution < 1.29 is 28.7 Å². The Morgan fingerprint density at radius 1 is 1.04 bits per heavy atom. The summed E-state index contributed by atoms with van der Waals surface area (Å²) in [6.07, 6.45) is 0. The van der Waals surface area contributed by atoms with E-state index in [-0.39, 0.29) is 28.0 Å². The Bertz CT molecular complexity index is 915. The second-order valence-electron chi connectivity index (χ2n) is 5.59. The standard InChI is InChI=1S/C18H20N2O6S2/c1-5-25-18(24)13-10(3)14(15(22)19-4)28-16(13)20-12(21)8-26-17(23)11-7-6-9(2)27-11/h6-7H,5,8H2,1-4H3,(H,19,22)(H,20,21). The highest BCUT2D eigenvalue weighted by atomic mass is 32.1. The van der Waals surface area contributed by atoms with Crippen LogP contribution in [0.15, 0.2) is 12.1 Å². The van der Waals surface area contributed by atoms with E-state index in [1.165, 1.54) is 18.4 Å². The molecule has 0 radical (unpaired) electrons. The van der Waals surface area contributed by atoms with Crippen LogP contribution in [0.2, 0.25) is 0 Å². The zero-order valence-corrected chi connectivity index (χ0v) is 17.5. The van der Waals surface area contributed by atoms with E-state index in [9.17, 15) is 19.2 Å². The third-order valence-electron chi connectivity index (χ3n) is 3.59. The lowest BCUT2D eigenvalue weighted by Gasteiger charge is -2.07. The largest absolute Gasteiger partial charge is 0.462 e. The predicted octanol–water partition coefficient (Wildman–Crippen LogP) is 2.76. The number of nitrogens with one attached hydrogen (secondary N) is 2. The van der Waals surface area contributed by atoms with Gasteiger partial charge in [0, 0.05) is 11.9 Å². The highest BCUT2D eigenvalue weighted by molar-refractivity contribution is 7.18. The number of esters is 2. The molecule has 2 heterocycles. The van der Waals surface area contributed by atoms with Crippen LogP contribution >= 0.6 is 22.7 Å². The van der Waals surface area contributed by atoms with E-state index >= 15 is 0 Å². The molecule has 10 heteroatoms. The molecule has 0 aliphatic heterocycles. The van der Waals surface area contributed by atoms with Crippen molar-refractivity contribution in [3.05, 3.63) is 37.9 Å². The number of anilines is 1. The Morgan fingerprint density at radius 3 is 2.32 bits per heavy atom. The fraction of sp³-hybridized carbons (Fsp3) is 0.333. The maximum atomic E-state index is 12.3. The number of ether oxygens (including phenoxy) is 2. The molecule has 2 aromatic heterocycles. The number of carbonyl (C=O) groups excluding carboxylic acids is 4. The third-order valence-corrected chi connectivity index (χ3v) is 5.78. The van der Waals surface area contributed by atoms with Crippen LogP contribution in [0, 0.1) is 13.8 Å². The SMILES string of the molecule is CCOC(=O)c1c(NC(=O)COC(=O)c2ccc(C)s2)sc(C(=O)NC)c1C. The van der Waals surface area contributed by atoms with Crippen LogP contribution in [0.25, 0.3) is 0 Å². The minimum atomic E-state index is -0.646. The van der Waals surface area contributed by atoms with Gasteiger partial charge in [0.25, 0.3) is 11.8 Å². The van der Waals surface area contributed by atoms with Gasteiger partial charge in [0.05, 0.1) is 17.0 Å². The van der Waals surface area contributed by atoms with Gasteiger partial charge in [-0.2, -0.15) is 0 Å². The first-order chi connectivity index (χ1) is 13.3. The number of thiophene rings is 2. The molecule has 2 aromatic rings.